The fourth-order valence-electron chi connectivity index (χ4n) is 3.12. The van der Waals surface area contributed by atoms with Crippen LogP contribution in [0.15, 0.2) is 48.8 Å². The number of hydrogen-bond acceptors (Lipinski definition) is 3. The number of epoxide rings is 1. The van der Waals surface area contributed by atoms with Gasteiger partial charge in [-0.2, -0.15) is 5.10 Å². The average molecular weight is 362 g/mol. The van der Waals surface area contributed by atoms with E-state index in [0.717, 1.165) is 11.6 Å². The molecule has 4 rings (SSSR count). The summed E-state index contributed by atoms with van der Waals surface area (Å²) >= 11 is 6.28. The molecule has 0 amide bonds. The fraction of sp³-hybridized carbons (Fsp3) is 0.222. The molecule has 2 aromatic carbocycles. The first-order valence-electron chi connectivity index (χ1n) is 7.73. The Morgan fingerprint density at radius 3 is 2.72 bits per heavy atom. The van der Waals surface area contributed by atoms with Crippen molar-refractivity contribution in [1.29, 1.82) is 0 Å². The van der Waals surface area contributed by atoms with E-state index in [2.05, 4.69) is 10.1 Å². The van der Waals surface area contributed by atoms with Gasteiger partial charge < -0.3 is 4.74 Å². The summed E-state index contributed by atoms with van der Waals surface area (Å²) in [6.45, 7) is 2.05. The van der Waals surface area contributed by atoms with Crippen LogP contribution in [-0.2, 0) is 16.9 Å². The fourth-order valence-corrected chi connectivity index (χ4v) is 3.36. The van der Waals surface area contributed by atoms with Gasteiger partial charge in [0.05, 0.1) is 6.54 Å². The van der Waals surface area contributed by atoms with Gasteiger partial charge in [0, 0.05) is 22.2 Å². The van der Waals surface area contributed by atoms with Crippen LogP contribution < -0.4 is 0 Å². The molecule has 25 heavy (non-hydrogen) atoms. The second kappa shape index (κ2) is 5.89. The van der Waals surface area contributed by atoms with Crippen LogP contribution in [-0.4, -0.2) is 14.8 Å². The Hall–Kier alpha value is -2.31. The van der Waals surface area contributed by atoms with Crippen molar-refractivity contribution in [2.45, 2.75) is 25.2 Å². The van der Waals surface area contributed by atoms with Crippen LogP contribution in [0.1, 0.15) is 23.1 Å². The smallest absolute Gasteiger partial charge is 0.147 e. The van der Waals surface area contributed by atoms with Gasteiger partial charge in [0.1, 0.15) is 35.5 Å². The Bertz CT molecular complexity index is 946. The van der Waals surface area contributed by atoms with Crippen LogP contribution >= 0.6 is 11.6 Å². The Balaban J connectivity index is 1.80. The van der Waals surface area contributed by atoms with Gasteiger partial charge in [-0.3, -0.25) is 0 Å². The van der Waals surface area contributed by atoms with Gasteiger partial charge in [-0.25, -0.2) is 18.4 Å². The number of benzene rings is 2. The molecule has 0 N–H and O–H groups in total. The molecule has 0 bridgehead atoms. The third-order valence-electron chi connectivity index (χ3n) is 4.46. The topological polar surface area (TPSA) is 43.2 Å². The largest absolute Gasteiger partial charge is 0.354 e. The molecule has 3 aromatic rings. The minimum absolute atomic E-state index is 0.247. The van der Waals surface area contributed by atoms with E-state index in [4.69, 9.17) is 16.3 Å². The average Bonchev–Trinajstić information content (AvgIpc) is 3.14. The maximum absolute atomic E-state index is 14.5. The summed E-state index contributed by atoms with van der Waals surface area (Å²) in [6.07, 6.45) is 0.974. The molecule has 128 valence electrons. The van der Waals surface area contributed by atoms with Crippen LogP contribution in [0.5, 0.6) is 0 Å². The number of nitrogens with zero attached hydrogens (tertiary/aromatic N) is 3. The molecule has 0 aliphatic carbocycles. The minimum atomic E-state index is -1.01. The van der Waals surface area contributed by atoms with E-state index in [1.165, 1.54) is 18.5 Å². The van der Waals surface area contributed by atoms with Gasteiger partial charge in [-0.15, -0.1) is 0 Å². The molecule has 0 spiro atoms. The number of aromatic nitrogens is 3. The van der Waals surface area contributed by atoms with E-state index in [9.17, 15) is 8.78 Å². The third kappa shape index (κ3) is 2.71. The number of halogens is 3. The van der Waals surface area contributed by atoms with Gasteiger partial charge in [-0.1, -0.05) is 35.9 Å². The zero-order chi connectivity index (χ0) is 17.6. The van der Waals surface area contributed by atoms with Crippen molar-refractivity contribution in [3.8, 4) is 0 Å². The maximum Gasteiger partial charge on any atom is 0.147 e. The Kier molecular flexibility index (Phi) is 3.81. The van der Waals surface area contributed by atoms with Crippen molar-refractivity contribution in [2.75, 3.05) is 0 Å². The summed E-state index contributed by atoms with van der Waals surface area (Å²) < 4.78 is 35.5. The molecule has 2 atom stereocenters. The Morgan fingerprint density at radius 1 is 1.24 bits per heavy atom. The lowest BCUT2D eigenvalue weighted by Crippen LogP contribution is -2.22. The number of ether oxygens (including phenoxy) is 1. The molecule has 4 nitrogen and oxygen atoms in total. The van der Waals surface area contributed by atoms with E-state index in [0.29, 0.717) is 10.8 Å². The normalized spacial score (nSPS) is 22.2. The molecule has 1 aliphatic heterocycles. The Labute approximate surface area is 148 Å². The molecule has 1 unspecified atom stereocenters. The van der Waals surface area contributed by atoms with E-state index in [-0.39, 0.29) is 12.1 Å². The molecule has 1 aliphatic rings. The molecule has 1 fully saturated rings. The number of hydrogen-bond donors (Lipinski definition) is 0. The molecule has 1 aromatic heterocycles. The van der Waals surface area contributed by atoms with Gasteiger partial charge in [-0.05, 0) is 19.1 Å². The van der Waals surface area contributed by atoms with E-state index < -0.39 is 23.3 Å². The van der Waals surface area contributed by atoms with Gasteiger partial charge in [0.25, 0.3) is 0 Å². The lowest BCUT2D eigenvalue weighted by molar-refractivity contribution is 0.255. The van der Waals surface area contributed by atoms with Gasteiger partial charge in [0.2, 0.25) is 0 Å². The molecule has 7 heteroatoms. The number of aryl methyl sites for hydroxylation is 1. The molecule has 0 saturated carbocycles. The highest BCUT2D eigenvalue weighted by Gasteiger charge is 2.60. The van der Waals surface area contributed by atoms with Crippen LogP contribution in [0.2, 0.25) is 5.02 Å². The zero-order valence-electron chi connectivity index (χ0n) is 13.3. The van der Waals surface area contributed by atoms with Crippen LogP contribution in [0.25, 0.3) is 0 Å². The van der Waals surface area contributed by atoms with E-state index >= 15 is 0 Å². The highest BCUT2D eigenvalue weighted by atomic mass is 35.5. The Morgan fingerprint density at radius 2 is 2.04 bits per heavy atom. The summed E-state index contributed by atoms with van der Waals surface area (Å²) in [7, 11) is 0. The van der Waals surface area contributed by atoms with E-state index in [1.807, 2.05) is 18.2 Å². The first-order valence-corrected chi connectivity index (χ1v) is 8.11. The summed E-state index contributed by atoms with van der Waals surface area (Å²) in [6, 6.07) is 10.7. The highest BCUT2D eigenvalue weighted by Crippen LogP contribution is 2.59. The van der Waals surface area contributed by atoms with Crippen molar-refractivity contribution in [3.63, 3.8) is 0 Å². The monoisotopic (exact) mass is 361 g/mol. The van der Waals surface area contributed by atoms with Crippen molar-refractivity contribution in [1.82, 2.24) is 14.8 Å². The van der Waals surface area contributed by atoms with Crippen molar-refractivity contribution in [3.05, 3.63) is 82.4 Å². The highest BCUT2D eigenvalue weighted by molar-refractivity contribution is 6.31. The molecular formula is C18H14ClF2N3O. The predicted octanol–water partition coefficient (Wildman–Crippen LogP) is 4.19. The lowest BCUT2D eigenvalue weighted by Gasteiger charge is -2.16. The first-order chi connectivity index (χ1) is 12.0. The van der Waals surface area contributed by atoms with E-state index in [1.54, 1.807) is 17.7 Å². The second-order valence-corrected chi connectivity index (χ2v) is 6.41. The summed E-state index contributed by atoms with van der Waals surface area (Å²) in [5.41, 5.74) is 0.0145. The SMILES string of the molecule is Cc1ncnn1C[C@]1(c2ccc(F)cc2F)OC1c1ccccc1Cl. The standard InChI is InChI=1S/C18H14ClF2N3O/c1-11-22-10-23-24(11)9-18(14-7-6-12(20)8-16(14)21)17(25-18)13-4-2-3-5-15(13)19/h2-8,10,17H,9H2,1H3/t17?,18-/m1/s1. The van der Waals surface area contributed by atoms with Crippen LogP contribution in [0.3, 0.4) is 0 Å². The summed E-state index contributed by atoms with van der Waals surface area (Å²) in [5.74, 6) is -0.620. The molecule has 0 radical (unpaired) electrons. The molecule has 1 saturated heterocycles. The number of rotatable bonds is 4. The zero-order valence-corrected chi connectivity index (χ0v) is 14.0. The van der Waals surface area contributed by atoms with Gasteiger partial charge in [0.15, 0.2) is 0 Å². The second-order valence-electron chi connectivity index (χ2n) is 6.00. The van der Waals surface area contributed by atoms with Crippen molar-refractivity contribution in [2.24, 2.45) is 0 Å². The quantitative estimate of drug-likeness (QED) is 0.654. The molecule has 2 heterocycles. The first kappa shape index (κ1) is 16.2. The lowest BCUT2D eigenvalue weighted by atomic mass is 9.91. The molecular weight excluding hydrogens is 348 g/mol. The summed E-state index contributed by atoms with van der Waals surface area (Å²) in [5, 5.41) is 4.69. The third-order valence-corrected chi connectivity index (χ3v) is 4.81. The summed E-state index contributed by atoms with van der Waals surface area (Å²) in [4.78, 5) is 4.09. The van der Waals surface area contributed by atoms with Crippen LogP contribution in [0.4, 0.5) is 8.78 Å². The van der Waals surface area contributed by atoms with Crippen molar-refractivity contribution >= 4 is 11.6 Å². The van der Waals surface area contributed by atoms with Gasteiger partial charge >= 0.3 is 0 Å². The van der Waals surface area contributed by atoms with Crippen molar-refractivity contribution < 1.29 is 13.5 Å². The maximum atomic E-state index is 14.5. The van der Waals surface area contributed by atoms with Crippen LogP contribution in [0, 0.1) is 18.6 Å². The predicted molar refractivity (Wildman–Crippen MR) is 88.1 cm³/mol. The minimum Gasteiger partial charge on any atom is -0.354 e.